The molecule has 5 aliphatic rings. The molecule has 5 nitrogen and oxygen atoms in total. The lowest BCUT2D eigenvalue weighted by atomic mass is 9.94. The van der Waals surface area contributed by atoms with Crippen molar-refractivity contribution >= 4 is 0 Å². The summed E-state index contributed by atoms with van der Waals surface area (Å²) >= 11 is 0. The molecular formula is C13H18O5. The van der Waals surface area contributed by atoms with Crippen LogP contribution in [0.5, 0.6) is 0 Å². The van der Waals surface area contributed by atoms with E-state index in [9.17, 15) is 0 Å². The van der Waals surface area contributed by atoms with E-state index in [0.29, 0.717) is 49.5 Å². The molecule has 5 heteroatoms. The molecular weight excluding hydrogens is 236 g/mol. The average molecular weight is 254 g/mol. The minimum absolute atomic E-state index is 0.210. The second-order valence-electron chi connectivity index (χ2n) is 6.14. The monoisotopic (exact) mass is 254 g/mol. The highest BCUT2D eigenvalue weighted by molar-refractivity contribution is 5.16. The highest BCUT2D eigenvalue weighted by Gasteiger charge is 2.68. The SMILES string of the molecule is C1OC1COC1C2CC(C1OCC1CO1)C1OC21. The third-order valence-corrected chi connectivity index (χ3v) is 4.87. The van der Waals surface area contributed by atoms with Gasteiger partial charge in [-0.25, -0.2) is 0 Å². The van der Waals surface area contributed by atoms with Gasteiger partial charge in [0.2, 0.25) is 0 Å². The van der Waals surface area contributed by atoms with Crippen LogP contribution in [-0.2, 0) is 23.7 Å². The molecule has 0 aromatic rings. The predicted molar refractivity (Wildman–Crippen MR) is 59.2 cm³/mol. The Kier molecular flexibility index (Phi) is 2.16. The Morgan fingerprint density at radius 3 is 1.78 bits per heavy atom. The third-order valence-electron chi connectivity index (χ3n) is 4.87. The van der Waals surface area contributed by atoms with Gasteiger partial charge in [0.05, 0.1) is 50.8 Å². The second-order valence-corrected chi connectivity index (χ2v) is 6.14. The van der Waals surface area contributed by atoms with Crippen LogP contribution in [0.4, 0.5) is 0 Å². The van der Waals surface area contributed by atoms with Gasteiger partial charge in [0.1, 0.15) is 12.2 Å². The van der Waals surface area contributed by atoms with Crippen LogP contribution < -0.4 is 0 Å². The lowest BCUT2D eigenvalue weighted by molar-refractivity contribution is -0.0962. The van der Waals surface area contributed by atoms with Crippen LogP contribution in [0.25, 0.3) is 0 Å². The van der Waals surface area contributed by atoms with Crippen LogP contribution in [0.2, 0.25) is 0 Å². The van der Waals surface area contributed by atoms with Crippen molar-refractivity contribution in [3.8, 4) is 0 Å². The summed E-state index contributed by atoms with van der Waals surface area (Å²) in [5, 5.41) is 0. The Balaban J connectivity index is 1.26. The normalized spacial score (nSPS) is 58.7. The van der Waals surface area contributed by atoms with Gasteiger partial charge in [0.25, 0.3) is 0 Å². The maximum absolute atomic E-state index is 6.05. The Morgan fingerprint density at radius 1 is 0.833 bits per heavy atom. The molecule has 0 aromatic heterocycles. The van der Waals surface area contributed by atoms with E-state index >= 15 is 0 Å². The van der Waals surface area contributed by atoms with Crippen LogP contribution in [-0.4, -0.2) is 63.1 Å². The molecule has 3 aliphatic heterocycles. The summed E-state index contributed by atoms with van der Waals surface area (Å²) in [7, 11) is 0. The van der Waals surface area contributed by atoms with Gasteiger partial charge in [-0.3, -0.25) is 0 Å². The zero-order valence-electron chi connectivity index (χ0n) is 10.2. The van der Waals surface area contributed by atoms with Crippen molar-refractivity contribution in [2.24, 2.45) is 11.8 Å². The van der Waals surface area contributed by atoms with Gasteiger partial charge in [0.15, 0.2) is 0 Å². The summed E-state index contributed by atoms with van der Waals surface area (Å²) in [4.78, 5) is 0. The van der Waals surface area contributed by atoms with E-state index < -0.39 is 0 Å². The van der Waals surface area contributed by atoms with Gasteiger partial charge in [0, 0.05) is 11.8 Å². The van der Waals surface area contributed by atoms with Crippen LogP contribution >= 0.6 is 0 Å². The molecule has 0 amide bonds. The predicted octanol–water partition coefficient (Wildman–Crippen LogP) is -0.0285. The fourth-order valence-electron chi connectivity index (χ4n) is 3.74. The zero-order chi connectivity index (χ0) is 11.7. The van der Waals surface area contributed by atoms with E-state index in [1.54, 1.807) is 0 Å². The Labute approximate surface area is 106 Å². The largest absolute Gasteiger partial charge is 0.372 e. The molecule has 8 atom stereocenters. The molecule has 0 N–H and O–H groups in total. The lowest BCUT2D eigenvalue weighted by Crippen LogP contribution is -2.41. The minimum Gasteiger partial charge on any atom is -0.372 e. The minimum atomic E-state index is 0.210. The second kappa shape index (κ2) is 3.67. The first-order valence-electron chi connectivity index (χ1n) is 7.02. The Bertz CT molecular complexity index is 321. The fraction of sp³-hybridized carbons (Fsp3) is 1.00. The van der Waals surface area contributed by atoms with Crippen molar-refractivity contribution in [3.05, 3.63) is 0 Å². The van der Waals surface area contributed by atoms with Gasteiger partial charge in [-0.2, -0.15) is 0 Å². The molecule has 3 heterocycles. The Morgan fingerprint density at radius 2 is 1.33 bits per heavy atom. The number of epoxide rings is 3. The van der Waals surface area contributed by atoms with Crippen molar-refractivity contribution < 1.29 is 23.7 Å². The average Bonchev–Trinajstić information content (AvgIpc) is 3.25. The fourth-order valence-corrected chi connectivity index (χ4v) is 3.74. The highest BCUT2D eigenvalue weighted by atomic mass is 16.6. The molecule has 2 saturated carbocycles. The molecule has 3 saturated heterocycles. The molecule has 0 aromatic carbocycles. The topological polar surface area (TPSA) is 56.0 Å². The number of hydrogen-bond donors (Lipinski definition) is 0. The van der Waals surface area contributed by atoms with E-state index in [1.165, 1.54) is 6.42 Å². The van der Waals surface area contributed by atoms with Gasteiger partial charge in [-0.15, -0.1) is 0 Å². The van der Waals surface area contributed by atoms with Crippen LogP contribution in [0.3, 0.4) is 0 Å². The summed E-state index contributed by atoms with van der Waals surface area (Å²) in [5.41, 5.74) is 0. The van der Waals surface area contributed by atoms with E-state index in [0.717, 1.165) is 13.2 Å². The molecule has 18 heavy (non-hydrogen) atoms. The van der Waals surface area contributed by atoms with Crippen molar-refractivity contribution in [1.29, 1.82) is 0 Å². The van der Waals surface area contributed by atoms with Crippen LogP contribution in [0.15, 0.2) is 0 Å². The standard InChI is InChI=1S/C13H18O5/c1-8-10(16-4-6-2-14-6)11(17-5-7-3-15-7)9(1)13-12(8)18-13/h6-13H,1-5H2. The maximum atomic E-state index is 6.05. The summed E-state index contributed by atoms with van der Waals surface area (Å²) in [6, 6.07) is 0. The summed E-state index contributed by atoms with van der Waals surface area (Å²) in [5.74, 6) is 1.09. The lowest BCUT2D eigenvalue weighted by Gasteiger charge is -2.28. The first kappa shape index (κ1) is 10.6. The van der Waals surface area contributed by atoms with Crippen molar-refractivity contribution in [2.45, 2.75) is 43.0 Å². The van der Waals surface area contributed by atoms with Gasteiger partial charge in [-0.1, -0.05) is 0 Å². The van der Waals surface area contributed by atoms with Crippen LogP contribution in [0, 0.1) is 11.8 Å². The quantitative estimate of drug-likeness (QED) is 0.623. The zero-order valence-corrected chi connectivity index (χ0v) is 10.2. The van der Waals surface area contributed by atoms with Crippen molar-refractivity contribution in [3.63, 3.8) is 0 Å². The number of hydrogen-bond acceptors (Lipinski definition) is 5. The highest BCUT2D eigenvalue weighted by Crippen LogP contribution is 2.58. The van der Waals surface area contributed by atoms with E-state index in [1.807, 2.05) is 0 Å². The number of ether oxygens (including phenoxy) is 5. The molecule has 0 spiro atoms. The van der Waals surface area contributed by atoms with Crippen molar-refractivity contribution in [2.75, 3.05) is 26.4 Å². The number of fused-ring (bicyclic) bond motifs is 5. The summed E-state index contributed by atoms with van der Waals surface area (Å²) in [6.07, 6.45) is 3.19. The maximum Gasteiger partial charge on any atom is 0.104 e. The molecule has 0 radical (unpaired) electrons. The third kappa shape index (κ3) is 1.65. The summed E-state index contributed by atoms with van der Waals surface area (Å²) in [6.45, 7) is 3.13. The van der Waals surface area contributed by atoms with Gasteiger partial charge < -0.3 is 23.7 Å². The van der Waals surface area contributed by atoms with Crippen molar-refractivity contribution in [1.82, 2.24) is 0 Å². The van der Waals surface area contributed by atoms with E-state index in [4.69, 9.17) is 23.7 Å². The molecule has 8 unspecified atom stereocenters. The van der Waals surface area contributed by atoms with Gasteiger partial charge >= 0.3 is 0 Å². The molecule has 5 fully saturated rings. The van der Waals surface area contributed by atoms with Gasteiger partial charge in [-0.05, 0) is 6.42 Å². The number of rotatable bonds is 6. The molecule has 5 rings (SSSR count). The summed E-state index contributed by atoms with van der Waals surface area (Å²) < 4.78 is 28.3. The van der Waals surface area contributed by atoms with E-state index in [-0.39, 0.29) is 12.2 Å². The first-order chi connectivity index (χ1) is 8.90. The first-order valence-corrected chi connectivity index (χ1v) is 7.02. The smallest absolute Gasteiger partial charge is 0.104 e. The van der Waals surface area contributed by atoms with E-state index in [2.05, 4.69) is 0 Å². The molecule has 2 bridgehead atoms. The molecule has 2 aliphatic carbocycles. The van der Waals surface area contributed by atoms with Crippen LogP contribution in [0.1, 0.15) is 6.42 Å². The Hall–Kier alpha value is -0.200. The molecule has 100 valence electrons.